The second kappa shape index (κ2) is 8.47. The summed E-state index contributed by atoms with van der Waals surface area (Å²) in [6, 6.07) is 10.8. The van der Waals surface area contributed by atoms with Crippen molar-refractivity contribution in [2.75, 3.05) is 0 Å². The molecule has 0 aliphatic rings. The molecule has 0 aliphatic heterocycles. The van der Waals surface area contributed by atoms with Crippen molar-refractivity contribution in [1.82, 2.24) is 0 Å². The van der Waals surface area contributed by atoms with Crippen LogP contribution in [0.1, 0.15) is 34.8 Å². The fourth-order valence-electron chi connectivity index (χ4n) is 2.93. The zero-order chi connectivity index (χ0) is 21.1. The van der Waals surface area contributed by atoms with E-state index < -0.39 is 40.6 Å². The molecule has 0 aliphatic carbocycles. The molecule has 0 bridgehead atoms. The molecule has 0 spiro atoms. The first-order valence-electron chi connectivity index (χ1n) is 9.06. The maximum atomic E-state index is 14.5. The molecule has 3 aromatic rings. The van der Waals surface area contributed by atoms with Crippen LogP contribution in [-0.2, 0) is 6.42 Å². The summed E-state index contributed by atoms with van der Waals surface area (Å²) in [5.74, 6) is -5.99. The number of ether oxygens (including phenoxy) is 1. The van der Waals surface area contributed by atoms with E-state index in [2.05, 4.69) is 6.92 Å². The second-order valence-electron chi connectivity index (χ2n) is 6.66. The molecule has 2 nitrogen and oxygen atoms in total. The largest absolute Gasteiger partial charge is 0.423 e. The van der Waals surface area contributed by atoms with Gasteiger partial charge in [-0.2, -0.15) is 0 Å². The highest BCUT2D eigenvalue weighted by Crippen LogP contribution is 2.27. The number of halogens is 4. The highest BCUT2D eigenvalue weighted by molar-refractivity contribution is 5.92. The number of rotatable bonds is 5. The average molecular weight is 402 g/mol. The van der Waals surface area contributed by atoms with Crippen LogP contribution in [0.25, 0.3) is 11.1 Å². The molecular formula is C23H18F4O2. The maximum Gasteiger partial charge on any atom is 0.349 e. The molecule has 0 heterocycles. The minimum atomic E-state index is -1.38. The Balaban J connectivity index is 1.88. The first-order chi connectivity index (χ1) is 13.8. The lowest BCUT2D eigenvalue weighted by atomic mass is 10.0. The predicted octanol–water partition coefficient (Wildman–Crippen LogP) is 6.39. The van der Waals surface area contributed by atoms with Gasteiger partial charge in [0.05, 0.1) is 0 Å². The summed E-state index contributed by atoms with van der Waals surface area (Å²) >= 11 is 0. The minimum absolute atomic E-state index is 0.253. The van der Waals surface area contributed by atoms with Crippen LogP contribution in [0.5, 0.6) is 5.75 Å². The molecule has 150 valence electrons. The first kappa shape index (κ1) is 20.6. The van der Waals surface area contributed by atoms with E-state index in [9.17, 15) is 22.4 Å². The van der Waals surface area contributed by atoms with Crippen molar-refractivity contribution in [2.24, 2.45) is 0 Å². The molecule has 0 saturated heterocycles. The van der Waals surface area contributed by atoms with Crippen molar-refractivity contribution in [3.05, 3.63) is 88.5 Å². The molecule has 0 aromatic heterocycles. The van der Waals surface area contributed by atoms with Gasteiger partial charge in [0.25, 0.3) is 0 Å². The van der Waals surface area contributed by atoms with E-state index in [1.807, 2.05) is 12.1 Å². The lowest BCUT2D eigenvalue weighted by molar-refractivity contribution is 0.0724. The van der Waals surface area contributed by atoms with Crippen LogP contribution >= 0.6 is 0 Å². The summed E-state index contributed by atoms with van der Waals surface area (Å²) in [4.78, 5) is 12.2. The van der Waals surface area contributed by atoms with Gasteiger partial charge in [0.2, 0.25) is 0 Å². The molecule has 0 radical (unpaired) electrons. The molecule has 0 unspecified atom stereocenters. The molecular weight excluding hydrogens is 384 g/mol. The maximum absolute atomic E-state index is 14.5. The Morgan fingerprint density at radius 1 is 0.828 bits per heavy atom. The Kier molecular flexibility index (Phi) is 6.01. The van der Waals surface area contributed by atoms with Gasteiger partial charge in [0.15, 0.2) is 0 Å². The average Bonchev–Trinajstić information content (AvgIpc) is 2.66. The Labute approximate surface area is 165 Å². The summed E-state index contributed by atoms with van der Waals surface area (Å²) in [5.41, 5.74) is 0.765. The lowest BCUT2D eigenvalue weighted by Gasteiger charge is -2.10. The Morgan fingerprint density at radius 2 is 1.38 bits per heavy atom. The number of benzene rings is 3. The summed E-state index contributed by atoms with van der Waals surface area (Å²) < 4.78 is 60.9. The fourth-order valence-corrected chi connectivity index (χ4v) is 2.93. The number of carbonyl (C=O) groups is 1. The van der Waals surface area contributed by atoms with Gasteiger partial charge in [0, 0.05) is 17.7 Å². The van der Waals surface area contributed by atoms with Gasteiger partial charge in [-0.1, -0.05) is 37.6 Å². The van der Waals surface area contributed by atoms with Crippen LogP contribution in [0.3, 0.4) is 0 Å². The van der Waals surface area contributed by atoms with E-state index in [0.717, 1.165) is 42.7 Å². The van der Waals surface area contributed by atoms with Crippen LogP contribution in [0, 0.1) is 30.2 Å². The monoisotopic (exact) mass is 402 g/mol. The van der Waals surface area contributed by atoms with Crippen LogP contribution in [0.4, 0.5) is 17.6 Å². The van der Waals surface area contributed by atoms with E-state index in [-0.39, 0.29) is 11.1 Å². The van der Waals surface area contributed by atoms with E-state index in [1.54, 1.807) is 12.1 Å². The molecule has 3 aromatic carbocycles. The van der Waals surface area contributed by atoms with Gasteiger partial charge in [-0.3, -0.25) is 0 Å². The molecule has 0 fully saturated rings. The van der Waals surface area contributed by atoms with Gasteiger partial charge in [0.1, 0.15) is 34.6 Å². The Hall–Kier alpha value is -3.15. The van der Waals surface area contributed by atoms with Crippen molar-refractivity contribution in [2.45, 2.75) is 26.7 Å². The highest BCUT2D eigenvalue weighted by Gasteiger charge is 2.22. The van der Waals surface area contributed by atoms with Crippen molar-refractivity contribution < 1.29 is 27.1 Å². The SMILES string of the molecule is CCCc1ccc(-c2cc(F)c(C(=O)Oc3cc(F)c(C)c(F)c3)c(F)c2)cc1. The van der Waals surface area contributed by atoms with E-state index in [0.29, 0.717) is 5.56 Å². The van der Waals surface area contributed by atoms with Gasteiger partial charge < -0.3 is 4.74 Å². The predicted molar refractivity (Wildman–Crippen MR) is 102 cm³/mol. The topological polar surface area (TPSA) is 26.3 Å². The van der Waals surface area contributed by atoms with Crippen LogP contribution in [-0.4, -0.2) is 5.97 Å². The number of aryl methyl sites for hydroxylation is 1. The molecule has 0 atom stereocenters. The number of hydrogen-bond acceptors (Lipinski definition) is 2. The van der Waals surface area contributed by atoms with Crippen molar-refractivity contribution in [3.8, 4) is 16.9 Å². The highest BCUT2D eigenvalue weighted by atomic mass is 19.1. The molecule has 3 rings (SSSR count). The summed E-state index contributed by atoms with van der Waals surface area (Å²) in [6.07, 6.45) is 1.88. The third-order valence-corrected chi connectivity index (χ3v) is 4.54. The Bertz CT molecular complexity index is 1010. The molecule has 0 amide bonds. The third kappa shape index (κ3) is 4.47. The van der Waals surface area contributed by atoms with Gasteiger partial charge in [-0.05, 0) is 42.2 Å². The van der Waals surface area contributed by atoms with Crippen LogP contribution in [0.15, 0.2) is 48.5 Å². The first-order valence-corrected chi connectivity index (χ1v) is 9.06. The smallest absolute Gasteiger partial charge is 0.349 e. The normalized spacial score (nSPS) is 10.8. The number of esters is 1. The summed E-state index contributed by atoms with van der Waals surface area (Å²) in [6.45, 7) is 3.26. The standard InChI is InChI=1S/C23H18F4O2/c1-3-4-14-5-7-15(8-6-14)16-9-20(26)22(21(27)10-16)23(28)29-17-11-18(24)13(2)19(25)12-17/h5-12H,3-4H2,1-2H3. The second-order valence-corrected chi connectivity index (χ2v) is 6.66. The van der Waals surface area contributed by atoms with E-state index in [1.165, 1.54) is 6.92 Å². The number of carbonyl (C=O) groups excluding carboxylic acids is 1. The minimum Gasteiger partial charge on any atom is -0.423 e. The van der Waals surface area contributed by atoms with Gasteiger partial charge in [-0.15, -0.1) is 0 Å². The zero-order valence-corrected chi connectivity index (χ0v) is 15.9. The molecule has 6 heteroatoms. The summed E-state index contributed by atoms with van der Waals surface area (Å²) in [7, 11) is 0. The van der Waals surface area contributed by atoms with Gasteiger partial charge in [-0.25, -0.2) is 22.4 Å². The van der Waals surface area contributed by atoms with E-state index >= 15 is 0 Å². The van der Waals surface area contributed by atoms with Crippen molar-refractivity contribution >= 4 is 5.97 Å². The van der Waals surface area contributed by atoms with Crippen LogP contribution < -0.4 is 4.74 Å². The Morgan fingerprint density at radius 3 is 1.90 bits per heavy atom. The van der Waals surface area contributed by atoms with Gasteiger partial charge >= 0.3 is 5.97 Å². The lowest BCUT2D eigenvalue weighted by Crippen LogP contribution is -2.14. The van der Waals surface area contributed by atoms with E-state index in [4.69, 9.17) is 4.74 Å². The van der Waals surface area contributed by atoms with Crippen LogP contribution in [0.2, 0.25) is 0 Å². The number of hydrogen-bond donors (Lipinski definition) is 0. The fraction of sp³-hybridized carbons (Fsp3) is 0.174. The third-order valence-electron chi connectivity index (χ3n) is 4.54. The van der Waals surface area contributed by atoms with Crippen molar-refractivity contribution in [1.29, 1.82) is 0 Å². The quantitative estimate of drug-likeness (QED) is 0.281. The summed E-state index contributed by atoms with van der Waals surface area (Å²) in [5, 5.41) is 0. The zero-order valence-electron chi connectivity index (χ0n) is 15.9. The van der Waals surface area contributed by atoms with Crippen molar-refractivity contribution in [3.63, 3.8) is 0 Å². The molecule has 29 heavy (non-hydrogen) atoms. The molecule has 0 saturated carbocycles. The molecule has 0 N–H and O–H groups in total.